The molecule has 0 N–H and O–H groups in total. The van der Waals surface area contributed by atoms with Crippen molar-refractivity contribution in [2.75, 3.05) is 37.6 Å². The van der Waals surface area contributed by atoms with Crippen LogP contribution in [0.2, 0.25) is 0 Å². The van der Waals surface area contributed by atoms with E-state index >= 15 is 0 Å². The minimum absolute atomic E-state index is 0.0921. The third-order valence-corrected chi connectivity index (χ3v) is 4.98. The molecule has 1 aliphatic heterocycles. The molecule has 1 fully saturated rings. The number of ketones is 1. The van der Waals surface area contributed by atoms with Gasteiger partial charge in [-0.2, -0.15) is 13.2 Å². The molecule has 1 aromatic rings. The molecule has 0 amide bonds. The van der Waals surface area contributed by atoms with Crippen LogP contribution in [0, 0.1) is 0 Å². The third-order valence-electron chi connectivity index (χ3n) is 3.80. The van der Waals surface area contributed by atoms with E-state index in [1.165, 1.54) is 16.2 Å². The monoisotopic (exact) mass is 319 g/mol. The van der Waals surface area contributed by atoms with E-state index in [-0.39, 0.29) is 5.78 Å². The van der Waals surface area contributed by atoms with E-state index in [0.717, 1.165) is 22.9 Å². The Bertz CT molecular complexity index is 535. The number of hydrogen-bond acceptors (Lipinski definition) is 5. The molecule has 4 nitrogen and oxygen atoms in total. The van der Waals surface area contributed by atoms with Gasteiger partial charge in [0.1, 0.15) is 5.69 Å². The Balaban J connectivity index is 1.64. The average molecular weight is 319 g/mol. The number of thiazole rings is 1. The molecule has 2 aliphatic rings. The lowest BCUT2D eigenvalue weighted by atomic mass is 10.0. The molecule has 1 saturated heterocycles. The molecule has 0 aromatic carbocycles. The predicted molar refractivity (Wildman–Crippen MR) is 74.1 cm³/mol. The van der Waals surface area contributed by atoms with E-state index in [2.05, 4.69) is 4.98 Å². The smallest absolute Gasteiger partial charge is 0.346 e. The van der Waals surface area contributed by atoms with Gasteiger partial charge in [0.05, 0.1) is 6.54 Å². The van der Waals surface area contributed by atoms with Crippen molar-refractivity contribution in [3.8, 4) is 0 Å². The van der Waals surface area contributed by atoms with Gasteiger partial charge in [-0.25, -0.2) is 4.98 Å². The minimum Gasteiger partial charge on any atom is -0.346 e. The first kappa shape index (κ1) is 14.8. The van der Waals surface area contributed by atoms with E-state index in [1.54, 1.807) is 0 Å². The Morgan fingerprint density at radius 1 is 1.14 bits per heavy atom. The van der Waals surface area contributed by atoms with Gasteiger partial charge in [0.2, 0.25) is 0 Å². The minimum atomic E-state index is -4.14. The number of aromatic nitrogens is 1. The SMILES string of the molecule is O=C1CCCc2sc(N3CCN(CC(F)(F)F)CC3)nc21. The predicted octanol–water partition coefficient (Wildman–Crippen LogP) is 2.35. The summed E-state index contributed by atoms with van der Waals surface area (Å²) in [5.41, 5.74) is 0.582. The first-order chi connectivity index (χ1) is 9.92. The molecule has 116 valence electrons. The number of aryl methyl sites for hydroxylation is 1. The van der Waals surface area contributed by atoms with Crippen molar-refractivity contribution in [3.05, 3.63) is 10.6 Å². The van der Waals surface area contributed by atoms with Gasteiger partial charge in [-0.05, 0) is 12.8 Å². The van der Waals surface area contributed by atoms with Crippen LogP contribution in [-0.4, -0.2) is 54.6 Å². The standard InChI is InChI=1S/C13H16F3N3OS/c14-13(15,16)8-18-4-6-19(7-5-18)12-17-11-9(20)2-1-3-10(11)21-12/h1-8H2. The van der Waals surface area contributed by atoms with Crippen molar-refractivity contribution in [3.63, 3.8) is 0 Å². The Hall–Kier alpha value is -1.15. The topological polar surface area (TPSA) is 36.4 Å². The number of Topliss-reactive ketones (excluding diaryl/α,β-unsaturated/α-hetero) is 1. The van der Waals surface area contributed by atoms with Crippen LogP contribution in [0.15, 0.2) is 0 Å². The van der Waals surface area contributed by atoms with Crippen LogP contribution < -0.4 is 4.90 Å². The van der Waals surface area contributed by atoms with Crippen LogP contribution in [0.4, 0.5) is 18.3 Å². The summed E-state index contributed by atoms with van der Waals surface area (Å²) in [6.45, 7) is 0.941. The maximum Gasteiger partial charge on any atom is 0.401 e. The lowest BCUT2D eigenvalue weighted by molar-refractivity contribution is -0.146. The molecule has 2 heterocycles. The molecule has 0 radical (unpaired) electrons. The summed E-state index contributed by atoms with van der Waals surface area (Å²) >= 11 is 1.51. The van der Waals surface area contributed by atoms with E-state index in [0.29, 0.717) is 38.3 Å². The number of nitrogens with zero attached hydrogens (tertiary/aromatic N) is 3. The van der Waals surface area contributed by atoms with E-state index in [9.17, 15) is 18.0 Å². The molecular weight excluding hydrogens is 303 g/mol. The number of anilines is 1. The summed E-state index contributed by atoms with van der Waals surface area (Å²) in [5, 5.41) is 0.780. The zero-order valence-electron chi connectivity index (χ0n) is 11.4. The number of fused-ring (bicyclic) bond motifs is 1. The molecule has 1 aromatic heterocycles. The largest absolute Gasteiger partial charge is 0.401 e. The van der Waals surface area contributed by atoms with Gasteiger partial charge in [0.15, 0.2) is 10.9 Å². The summed E-state index contributed by atoms with van der Waals surface area (Å²) < 4.78 is 37.1. The van der Waals surface area contributed by atoms with Crippen LogP contribution in [0.5, 0.6) is 0 Å². The van der Waals surface area contributed by atoms with E-state index in [1.807, 2.05) is 4.90 Å². The molecule has 0 bridgehead atoms. The Morgan fingerprint density at radius 3 is 2.48 bits per heavy atom. The number of alkyl halides is 3. The maximum atomic E-state index is 12.4. The first-order valence-corrected chi connectivity index (χ1v) is 7.81. The summed E-state index contributed by atoms with van der Waals surface area (Å²) in [6.07, 6.45) is -1.84. The second-order valence-corrected chi connectivity index (χ2v) is 6.49. The molecule has 3 rings (SSSR count). The first-order valence-electron chi connectivity index (χ1n) is 6.99. The van der Waals surface area contributed by atoms with Crippen molar-refractivity contribution in [2.45, 2.75) is 25.4 Å². The van der Waals surface area contributed by atoms with Gasteiger partial charge in [-0.1, -0.05) is 0 Å². The molecule has 1 aliphatic carbocycles. The van der Waals surface area contributed by atoms with Crippen molar-refractivity contribution >= 4 is 22.3 Å². The fourth-order valence-corrected chi connectivity index (χ4v) is 3.91. The summed E-state index contributed by atoms with van der Waals surface area (Å²) in [6, 6.07) is 0. The zero-order valence-corrected chi connectivity index (χ0v) is 12.3. The third kappa shape index (κ3) is 3.37. The number of rotatable bonds is 2. The number of halogens is 3. The second kappa shape index (κ2) is 5.57. The number of carbonyl (C=O) groups excluding carboxylic acids is 1. The van der Waals surface area contributed by atoms with Crippen molar-refractivity contribution in [1.29, 1.82) is 0 Å². The summed E-state index contributed by atoms with van der Waals surface area (Å²) in [4.78, 5) is 20.6. The number of carbonyl (C=O) groups is 1. The fraction of sp³-hybridized carbons (Fsp3) is 0.692. The van der Waals surface area contributed by atoms with Crippen molar-refractivity contribution in [1.82, 2.24) is 9.88 Å². The van der Waals surface area contributed by atoms with Gasteiger partial charge < -0.3 is 4.90 Å². The molecular formula is C13H16F3N3OS. The van der Waals surface area contributed by atoms with Crippen LogP contribution in [-0.2, 0) is 6.42 Å². The van der Waals surface area contributed by atoms with Gasteiger partial charge in [0, 0.05) is 37.5 Å². The van der Waals surface area contributed by atoms with Gasteiger partial charge in [-0.3, -0.25) is 9.69 Å². The number of hydrogen-bond donors (Lipinski definition) is 0. The Labute approximate surface area is 124 Å². The Kier molecular flexibility index (Phi) is 3.92. The highest BCUT2D eigenvalue weighted by molar-refractivity contribution is 7.16. The average Bonchev–Trinajstić information content (AvgIpc) is 2.83. The van der Waals surface area contributed by atoms with Gasteiger partial charge in [0.25, 0.3) is 0 Å². The Morgan fingerprint density at radius 2 is 1.86 bits per heavy atom. The van der Waals surface area contributed by atoms with Crippen molar-refractivity contribution in [2.24, 2.45) is 0 Å². The highest BCUT2D eigenvalue weighted by Gasteiger charge is 2.33. The molecule has 21 heavy (non-hydrogen) atoms. The quantitative estimate of drug-likeness (QED) is 0.838. The normalized spacial score (nSPS) is 20.7. The van der Waals surface area contributed by atoms with Gasteiger partial charge in [-0.15, -0.1) is 11.3 Å². The van der Waals surface area contributed by atoms with Crippen LogP contribution in [0.25, 0.3) is 0 Å². The molecule has 0 atom stereocenters. The molecule has 0 saturated carbocycles. The van der Waals surface area contributed by atoms with Crippen LogP contribution in [0.3, 0.4) is 0 Å². The zero-order chi connectivity index (χ0) is 15.0. The lowest BCUT2D eigenvalue weighted by Crippen LogP contribution is -2.49. The lowest BCUT2D eigenvalue weighted by Gasteiger charge is -2.34. The van der Waals surface area contributed by atoms with E-state index < -0.39 is 12.7 Å². The molecule has 8 heteroatoms. The van der Waals surface area contributed by atoms with Crippen molar-refractivity contribution < 1.29 is 18.0 Å². The second-order valence-electron chi connectivity index (χ2n) is 5.42. The van der Waals surface area contributed by atoms with Gasteiger partial charge >= 0.3 is 6.18 Å². The molecule has 0 spiro atoms. The highest BCUT2D eigenvalue weighted by atomic mass is 32.1. The summed E-state index contributed by atoms with van der Waals surface area (Å²) in [5.74, 6) is 0.0921. The fourth-order valence-electron chi connectivity index (χ4n) is 2.74. The van der Waals surface area contributed by atoms with E-state index in [4.69, 9.17) is 0 Å². The highest BCUT2D eigenvalue weighted by Crippen LogP contribution is 2.32. The van der Waals surface area contributed by atoms with Crippen LogP contribution >= 0.6 is 11.3 Å². The number of piperazine rings is 1. The summed E-state index contributed by atoms with van der Waals surface area (Å²) in [7, 11) is 0. The van der Waals surface area contributed by atoms with Crippen LogP contribution in [0.1, 0.15) is 28.2 Å². The maximum absolute atomic E-state index is 12.4. The molecule has 0 unspecified atom stereocenters.